The summed E-state index contributed by atoms with van der Waals surface area (Å²) in [4.78, 5) is 33.6. The molecule has 10 heteroatoms. The summed E-state index contributed by atoms with van der Waals surface area (Å²) in [5, 5.41) is 24.8. The predicted octanol–water partition coefficient (Wildman–Crippen LogP) is 2.84. The van der Waals surface area contributed by atoms with E-state index in [1.54, 1.807) is 13.0 Å². The smallest absolute Gasteiger partial charge is 0.286 e. The molecular formula is C17H17N3O7. The molecule has 2 rings (SSSR count). The highest BCUT2D eigenvalue weighted by atomic mass is 16.6. The Morgan fingerprint density at radius 1 is 1.07 bits per heavy atom. The Hall–Kier alpha value is -3.69. The van der Waals surface area contributed by atoms with E-state index in [9.17, 15) is 25.0 Å². The maximum absolute atomic E-state index is 12.5. The third-order valence-corrected chi connectivity index (χ3v) is 3.65. The number of carbonyl (C=O) groups excluding carboxylic acids is 1. The van der Waals surface area contributed by atoms with E-state index in [1.165, 1.54) is 31.4 Å². The van der Waals surface area contributed by atoms with Crippen molar-refractivity contribution in [2.45, 2.75) is 13.5 Å². The summed E-state index contributed by atoms with van der Waals surface area (Å²) in [5.41, 5.74) is -0.577. The van der Waals surface area contributed by atoms with E-state index in [2.05, 4.69) is 5.32 Å². The summed E-state index contributed by atoms with van der Waals surface area (Å²) < 4.78 is 10.4. The lowest BCUT2D eigenvalue weighted by Gasteiger charge is -2.12. The first kappa shape index (κ1) is 19.6. The number of nitrogens with zero attached hydrogens (tertiary/aromatic N) is 2. The van der Waals surface area contributed by atoms with Crippen LogP contribution in [0.15, 0.2) is 36.4 Å². The van der Waals surface area contributed by atoms with Gasteiger partial charge in [-0.15, -0.1) is 0 Å². The maximum atomic E-state index is 12.5. The van der Waals surface area contributed by atoms with Crippen LogP contribution in [0.25, 0.3) is 0 Å². The standard InChI is InChI=1S/C17H17N3O7/c1-3-27-16-8-12(14(20(24)25)9-15(16)26-2)17(21)18-10-11-6-4-5-7-13(11)19(22)23/h4-9H,3,10H2,1-2H3,(H,18,21). The SMILES string of the molecule is CCOc1cc(C(=O)NCc2ccccc2[N+](=O)[O-])c([N+](=O)[O-])cc1OC. The van der Waals surface area contributed by atoms with Crippen LogP contribution in [0.5, 0.6) is 11.5 Å². The molecule has 0 saturated heterocycles. The summed E-state index contributed by atoms with van der Waals surface area (Å²) in [7, 11) is 1.33. The fourth-order valence-electron chi connectivity index (χ4n) is 2.42. The van der Waals surface area contributed by atoms with E-state index in [1.807, 2.05) is 0 Å². The minimum Gasteiger partial charge on any atom is -0.493 e. The number of hydrogen-bond acceptors (Lipinski definition) is 7. The molecule has 0 aliphatic rings. The minimum atomic E-state index is -0.761. The molecule has 0 heterocycles. The third kappa shape index (κ3) is 4.48. The van der Waals surface area contributed by atoms with Crippen LogP contribution < -0.4 is 14.8 Å². The molecule has 1 amide bonds. The van der Waals surface area contributed by atoms with Crippen molar-refractivity contribution in [3.63, 3.8) is 0 Å². The highest BCUT2D eigenvalue weighted by Crippen LogP contribution is 2.34. The molecule has 0 atom stereocenters. The van der Waals surface area contributed by atoms with Crippen molar-refractivity contribution in [1.29, 1.82) is 0 Å². The van der Waals surface area contributed by atoms with Crippen molar-refractivity contribution < 1.29 is 24.1 Å². The molecule has 0 aliphatic carbocycles. The van der Waals surface area contributed by atoms with Gasteiger partial charge in [-0.2, -0.15) is 0 Å². The van der Waals surface area contributed by atoms with E-state index < -0.39 is 21.4 Å². The maximum Gasteiger partial charge on any atom is 0.286 e. The van der Waals surface area contributed by atoms with Crippen LogP contribution in [0, 0.1) is 20.2 Å². The van der Waals surface area contributed by atoms with Crippen LogP contribution in [-0.2, 0) is 6.54 Å². The summed E-state index contributed by atoms with van der Waals surface area (Å²) in [6, 6.07) is 8.22. The fourth-order valence-corrected chi connectivity index (χ4v) is 2.42. The second-order valence-electron chi connectivity index (χ2n) is 5.28. The van der Waals surface area contributed by atoms with Crippen molar-refractivity contribution in [3.05, 3.63) is 67.8 Å². The molecule has 0 radical (unpaired) electrons. The molecule has 0 fully saturated rings. The molecule has 2 aromatic rings. The fraction of sp³-hybridized carbons (Fsp3) is 0.235. The molecule has 0 aromatic heterocycles. The summed E-state index contributed by atoms with van der Waals surface area (Å²) >= 11 is 0. The summed E-state index contributed by atoms with van der Waals surface area (Å²) in [6.45, 7) is 1.82. The van der Waals surface area contributed by atoms with Crippen LogP contribution in [0.1, 0.15) is 22.8 Å². The zero-order valence-electron chi connectivity index (χ0n) is 14.6. The van der Waals surface area contributed by atoms with Gasteiger partial charge >= 0.3 is 0 Å². The summed E-state index contributed by atoms with van der Waals surface area (Å²) in [5.74, 6) is -0.455. The Morgan fingerprint density at radius 3 is 2.33 bits per heavy atom. The van der Waals surface area contributed by atoms with Gasteiger partial charge in [-0.05, 0) is 6.92 Å². The molecule has 27 heavy (non-hydrogen) atoms. The number of nitro benzene ring substituents is 2. The van der Waals surface area contributed by atoms with E-state index >= 15 is 0 Å². The summed E-state index contributed by atoms with van der Waals surface area (Å²) in [6.07, 6.45) is 0. The number of rotatable bonds is 8. The Balaban J connectivity index is 2.33. The van der Waals surface area contributed by atoms with Crippen molar-refractivity contribution in [1.82, 2.24) is 5.32 Å². The van der Waals surface area contributed by atoms with E-state index in [0.717, 1.165) is 6.07 Å². The Bertz CT molecular complexity index is 883. The van der Waals surface area contributed by atoms with Gasteiger partial charge in [0.15, 0.2) is 11.5 Å². The van der Waals surface area contributed by atoms with Gasteiger partial charge in [0.05, 0.1) is 29.6 Å². The number of para-hydroxylation sites is 1. The first-order chi connectivity index (χ1) is 12.9. The van der Waals surface area contributed by atoms with Gasteiger partial charge in [0.2, 0.25) is 0 Å². The predicted molar refractivity (Wildman–Crippen MR) is 95.1 cm³/mol. The highest BCUT2D eigenvalue weighted by Gasteiger charge is 2.25. The zero-order chi connectivity index (χ0) is 20.0. The van der Waals surface area contributed by atoms with Crippen LogP contribution in [0.4, 0.5) is 11.4 Å². The molecule has 0 bridgehead atoms. The van der Waals surface area contributed by atoms with Crippen molar-refractivity contribution in [3.8, 4) is 11.5 Å². The number of hydrogen-bond donors (Lipinski definition) is 1. The number of methoxy groups -OCH3 is 1. The van der Waals surface area contributed by atoms with Crippen LogP contribution in [0.2, 0.25) is 0 Å². The number of benzene rings is 2. The van der Waals surface area contributed by atoms with Gasteiger partial charge in [-0.3, -0.25) is 25.0 Å². The van der Waals surface area contributed by atoms with Crippen LogP contribution in [0.3, 0.4) is 0 Å². The Morgan fingerprint density at radius 2 is 1.74 bits per heavy atom. The number of ether oxygens (including phenoxy) is 2. The largest absolute Gasteiger partial charge is 0.493 e. The van der Waals surface area contributed by atoms with Crippen LogP contribution >= 0.6 is 0 Å². The highest BCUT2D eigenvalue weighted by molar-refractivity contribution is 5.99. The zero-order valence-corrected chi connectivity index (χ0v) is 14.6. The Kier molecular flexibility index (Phi) is 6.26. The van der Waals surface area contributed by atoms with Crippen molar-refractivity contribution in [2.24, 2.45) is 0 Å². The Labute approximate surface area is 154 Å². The molecule has 0 saturated carbocycles. The lowest BCUT2D eigenvalue weighted by atomic mass is 10.1. The lowest BCUT2D eigenvalue weighted by Crippen LogP contribution is -2.24. The topological polar surface area (TPSA) is 134 Å². The lowest BCUT2D eigenvalue weighted by molar-refractivity contribution is -0.385. The monoisotopic (exact) mass is 375 g/mol. The normalized spacial score (nSPS) is 10.1. The van der Waals surface area contributed by atoms with Gasteiger partial charge in [0.1, 0.15) is 5.56 Å². The molecule has 10 nitrogen and oxygen atoms in total. The number of carbonyl (C=O) groups is 1. The van der Waals surface area contributed by atoms with Crippen molar-refractivity contribution in [2.75, 3.05) is 13.7 Å². The molecule has 0 spiro atoms. The van der Waals surface area contributed by atoms with Gasteiger partial charge in [-0.1, -0.05) is 18.2 Å². The first-order valence-corrected chi connectivity index (χ1v) is 7.88. The third-order valence-electron chi connectivity index (χ3n) is 3.65. The number of nitrogens with one attached hydrogen (secondary N) is 1. The molecule has 0 unspecified atom stereocenters. The van der Waals surface area contributed by atoms with E-state index in [4.69, 9.17) is 9.47 Å². The molecule has 2 aromatic carbocycles. The second kappa shape index (κ2) is 8.61. The van der Waals surface area contributed by atoms with Gasteiger partial charge < -0.3 is 14.8 Å². The molecule has 142 valence electrons. The van der Waals surface area contributed by atoms with Gasteiger partial charge in [0.25, 0.3) is 17.3 Å². The van der Waals surface area contributed by atoms with Crippen molar-refractivity contribution >= 4 is 17.3 Å². The molecular weight excluding hydrogens is 358 g/mol. The average molecular weight is 375 g/mol. The minimum absolute atomic E-state index is 0.124. The quantitative estimate of drug-likeness (QED) is 0.554. The number of amides is 1. The van der Waals surface area contributed by atoms with E-state index in [-0.39, 0.29) is 41.5 Å². The number of nitro groups is 2. The van der Waals surface area contributed by atoms with Crippen LogP contribution in [-0.4, -0.2) is 29.5 Å². The molecule has 0 aliphatic heterocycles. The molecule has 1 N–H and O–H groups in total. The van der Waals surface area contributed by atoms with E-state index in [0.29, 0.717) is 0 Å². The van der Waals surface area contributed by atoms with Gasteiger partial charge in [0, 0.05) is 24.2 Å². The first-order valence-electron chi connectivity index (χ1n) is 7.88. The average Bonchev–Trinajstić information content (AvgIpc) is 2.65. The second-order valence-corrected chi connectivity index (χ2v) is 5.28. The van der Waals surface area contributed by atoms with Gasteiger partial charge in [-0.25, -0.2) is 0 Å².